The van der Waals surface area contributed by atoms with Gasteiger partial charge >= 0.3 is 6.03 Å². The lowest BCUT2D eigenvalue weighted by atomic mass is 10.0. The average Bonchev–Trinajstić information content (AvgIpc) is 2.60. The van der Waals surface area contributed by atoms with Crippen molar-refractivity contribution in [3.05, 3.63) is 59.3 Å². The van der Waals surface area contributed by atoms with Crippen LogP contribution in [-0.4, -0.2) is 17.6 Å². The summed E-state index contributed by atoms with van der Waals surface area (Å²) < 4.78 is 5.47. The van der Waals surface area contributed by atoms with Gasteiger partial charge in [-0.05, 0) is 31.9 Å². The van der Waals surface area contributed by atoms with E-state index in [0.717, 1.165) is 17.5 Å². The monoisotopic (exact) mass is 327 g/mol. The van der Waals surface area contributed by atoms with E-state index < -0.39 is 0 Å². The third-order valence-electron chi connectivity index (χ3n) is 3.76. The Hall–Kier alpha value is -2.56. The number of amides is 2. The van der Waals surface area contributed by atoms with E-state index in [1.807, 2.05) is 19.1 Å². The molecule has 2 rings (SSSR count). The van der Waals surface area contributed by atoms with Crippen molar-refractivity contribution in [1.29, 1.82) is 0 Å². The summed E-state index contributed by atoms with van der Waals surface area (Å²) >= 11 is 0. The summed E-state index contributed by atoms with van der Waals surface area (Å²) in [6, 6.07) is 11.7. The number of carbonyl (C=O) groups excluding carboxylic acids is 1. The van der Waals surface area contributed by atoms with Crippen molar-refractivity contribution < 1.29 is 9.53 Å². The third-order valence-corrected chi connectivity index (χ3v) is 3.76. The molecule has 0 saturated carbocycles. The molecular formula is C19H25N3O2. The zero-order chi connectivity index (χ0) is 17.4. The number of pyridine rings is 1. The summed E-state index contributed by atoms with van der Waals surface area (Å²) in [4.78, 5) is 16.4. The van der Waals surface area contributed by atoms with E-state index in [1.54, 1.807) is 6.20 Å². The highest BCUT2D eigenvalue weighted by Crippen LogP contribution is 2.17. The van der Waals surface area contributed by atoms with Crippen LogP contribution in [0.3, 0.4) is 0 Å². The Kier molecular flexibility index (Phi) is 6.61. The minimum atomic E-state index is -0.200. The minimum Gasteiger partial charge on any atom is -0.478 e. The van der Waals surface area contributed by atoms with Gasteiger partial charge in [0, 0.05) is 18.3 Å². The zero-order valence-corrected chi connectivity index (χ0v) is 14.5. The number of aryl methyl sites for hydroxylation is 1. The summed E-state index contributed by atoms with van der Waals surface area (Å²) in [5, 5.41) is 5.89. The molecule has 0 bridgehead atoms. The maximum Gasteiger partial charge on any atom is 0.315 e. The lowest BCUT2D eigenvalue weighted by Crippen LogP contribution is -2.37. The van der Waals surface area contributed by atoms with E-state index in [9.17, 15) is 4.79 Å². The number of rotatable bonds is 7. The number of hydrogen-bond donors (Lipinski definition) is 2. The predicted octanol–water partition coefficient (Wildman–Crippen LogP) is 3.74. The second-order valence-corrected chi connectivity index (χ2v) is 5.60. The summed E-state index contributed by atoms with van der Waals surface area (Å²) in [5.41, 5.74) is 3.17. The fraction of sp³-hybridized carbons (Fsp3) is 0.368. The van der Waals surface area contributed by atoms with E-state index in [0.29, 0.717) is 19.0 Å². The second-order valence-electron chi connectivity index (χ2n) is 5.60. The molecule has 128 valence electrons. The molecule has 1 atom stereocenters. The highest BCUT2D eigenvalue weighted by molar-refractivity contribution is 5.74. The SMILES string of the molecule is CCOc1ncccc1CNC(=O)N[C@H](CC)c1ccc(C)cc1. The molecule has 0 fully saturated rings. The molecule has 1 aromatic carbocycles. The van der Waals surface area contributed by atoms with Crippen molar-refractivity contribution in [2.45, 2.75) is 39.8 Å². The van der Waals surface area contributed by atoms with E-state index in [1.165, 1.54) is 5.56 Å². The average molecular weight is 327 g/mol. The van der Waals surface area contributed by atoms with E-state index in [4.69, 9.17) is 4.74 Å². The Morgan fingerprint density at radius 1 is 1.21 bits per heavy atom. The van der Waals surface area contributed by atoms with Gasteiger partial charge < -0.3 is 15.4 Å². The van der Waals surface area contributed by atoms with Crippen LogP contribution in [0.1, 0.15) is 43.0 Å². The molecule has 1 aromatic heterocycles. The first kappa shape index (κ1) is 17.8. The Labute approximate surface area is 143 Å². The van der Waals surface area contributed by atoms with Gasteiger partial charge in [-0.2, -0.15) is 0 Å². The summed E-state index contributed by atoms with van der Waals surface area (Å²) in [6.45, 7) is 6.93. The Bertz CT molecular complexity index is 656. The van der Waals surface area contributed by atoms with Gasteiger partial charge in [0.05, 0.1) is 12.6 Å². The standard InChI is InChI=1S/C19H25N3O2/c1-4-17(15-10-8-14(3)9-11-15)22-19(23)21-13-16-7-6-12-20-18(16)24-5-2/h6-12,17H,4-5,13H2,1-3H3,(H2,21,22,23)/t17-/m1/s1. The van der Waals surface area contributed by atoms with Crippen molar-refractivity contribution in [1.82, 2.24) is 15.6 Å². The van der Waals surface area contributed by atoms with Gasteiger partial charge in [-0.3, -0.25) is 0 Å². The maximum atomic E-state index is 12.2. The molecule has 0 unspecified atom stereocenters. The summed E-state index contributed by atoms with van der Waals surface area (Å²) in [6.07, 6.45) is 2.51. The van der Waals surface area contributed by atoms with E-state index in [2.05, 4.69) is 53.7 Å². The quantitative estimate of drug-likeness (QED) is 0.814. The fourth-order valence-electron chi connectivity index (χ4n) is 2.43. The Morgan fingerprint density at radius 3 is 2.62 bits per heavy atom. The molecule has 1 heterocycles. The number of hydrogen-bond acceptors (Lipinski definition) is 3. The van der Waals surface area contributed by atoms with Crippen LogP contribution in [0.25, 0.3) is 0 Å². The van der Waals surface area contributed by atoms with Crippen molar-refractivity contribution in [2.75, 3.05) is 6.61 Å². The van der Waals surface area contributed by atoms with Crippen LogP contribution >= 0.6 is 0 Å². The molecule has 5 heteroatoms. The van der Waals surface area contributed by atoms with Crippen molar-refractivity contribution in [3.8, 4) is 5.88 Å². The van der Waals surface area contributed by atoms with Crippen LogP contribution in [-0.2, 0) is 6.54 Å². The molecule has 24 heavy (non-hydrogen) atoms. The second kappa shape index (κ2) is 8.91. The van der Waals surface area contributed by atoms with Gasteiger partial charge in [0.1, 0.15) is 0 Å². The van der Waals surface area contributed by atoms with Crippen LogP contribution in [0.5, 0.6) is 5.88 Å². The number of aromatic nitrogens is 1. The topological polar surface area (TPSA) is 63.2 Å². The number of ether oxygens (including phenoxy) is 1. The molecule has 2 amide bonds. The fourth-order valence-corrected chi connectivity index (χ4v) is 2.43. The first-order valence-corrected chi connectivity index (χ1v) is 8.31. The van der Waals surface area contributed by atoms with Crippen molar-refractivity contribution in [3.63, 3.8) is 0 Å². The molecular weight excluding hydrogens is 302 g/mol. The lowest BCUT2D eigenvalue weighted by Gasteiger charge is -2.18. The molecule has 0 spiro atoms. The van der Waals surface area contributed by atoms with Gasteiger partial charge in [0.25, 0.3) is 0 Å². The molecule has 0 saturated heterocycles. The van der Waals surface area contributed by atoms with Crippen LogP contribution in [0.15, 0.2) is 42.6 Å². The van der Waals surface area contributed by atoms with Crippen molar-refractivity contribution in [2.24, 2.45) is 0 Å². The minimum absolute atomic E-state index is 0.00846. The lowest BCUT2D eigenvalue weighted by molar-refractivity contribution is 0.236. The molecule has 0 radical (unpaired) electrons. The van der Waals surface area contributed by atoms with Crippen LogP contribution in [0.4, 0.5) is 4.79 Å². The summed E-state index contributed by atoms with van der Waals surface area (Å²) in [5.74, 6) is 0.561. The molecule has 5 nitrogen and oxygen atoms in total. The molecule has 0 aliphatic rings. The van der Waals surface area contributed by atoms with Gasteiger partial charge in [-0.15, -0.1) is 0 Å². The number of urea groups is 1. The number of nitrogens with one attached hydrogen (secondary N) is 2. The van der Waals surface area contributed by atoms with Crippen molar-refractivity contribution >= 4 is 6.03 Å². The van der Waals surface area contributed by atoms with Crippen LogP contribution in [0, 0.1) is 6.92 Å². The van der Waals surface area contributed by atoms with Gasteiger partial charge in [-0.25, -0.2) is 9.78 Å². The van der Waals surface area contributed by atoms with Gasteiger partial charge in [0.15, 0.2) is 0 Å². The third kappa shape index (κ3) is 4.98. The highest BCUT2D eigenvalue weighted by atomic mass is 16.5. The number of benzene rings is 1. The number of carbonyl (C=O) groups is 1. The van der Waals surface area contributed by atoms with Crippen LogP contribution < -0.4 is 15.4 Å². The number of nitrogens with zero attached hydrogens (tertiary/aromatic N) is 1. The zero-order valence-electron chi connectivity index (χ0n) is 14.5. The first-order valence-electron chi connectivity index (χ1n) is 8.31. The maximum absolute atomic E-state index is 12.2. The largest absolute Gasteiger partial charge is 0.478 e. The summed E-state index contributed by atoms with van der Waals surface area (Å²) in [7, 11) is 0. The molecule has 2 N–H and O–H groups in total. The smallest absolute Gasteiger partial charge is 0.315 e. The predicted molar refractivity (Wildman–Crippen MR) is 95.0 cm³/mol. The first-order chi connectivity index (χ1) is 11.6. The van der Waals surface area contributed by atoms with Gasteiger partial charge in [0.2, 0.25) is 5.88 Å². The van der Waals surface area contributed by atoms with E-state index in [-0.39, 0.29) is 12.1 Å². The van der Waals surface area contributed by atoms with Crippen LogP contribution in [0.2, 0.25) is 0 Å². The normalized spacial score (nSPS) is 11.6. The van der Waals surface area contributed by atoms with E-state index >= 15 is 0 Å². The Morgan fingerprint density at radius 2 is 1.96 bits per heavy atom. The molecule has 0 aliphatic heterocycles. The Balaban J connectivity index is 1.93. The highest BCUT2D eigenvalue weighted by Gasteiger charge is 2.13. The molecule has 2 aromatic rings. The molecule has 0 aliphatic carbocycles. The van der Waals surface area contributed by atoms with Gasteiger partial charge in [-0.1, -0.05) is 42.8 Å².